The van der Waals surface area contributed by atoms with Gasteiger partial charge in [0.05, 0.1) is 17.9 Å². The molecule has 2 N–H and O–H groups in total. The molecule has 1 heterocycles. The van der Waals surface area contributed by atoms with Crippen LogP contribution in [0.5, 0.6) is 0 Å². The molecule has 0 bridgehead atoms. The fourth-order valence-corrected chi connectivity index (χ4v) is 4.22. The third kappa shape index (κ3) is 2.18. The maximum Gasteiger partial charge on any atom is 0.166 e. The average molecular weight is 293 g/mol. The van der Waals surface area contributed by atoms with E-state index in [1.54, 1.807) is 18.0 Å². The molecule has 0 aromatic carbocycles. The van der Waals surface area contributed by atoms with Crippen LogP contribution in [0.1, 0.15) is 19.3 Å². The van der Waals surface area contributed by atoms with E-state index in [1.165, 1.54) is 0 Å². The summed E-state index contributed by atoms with van der Waals surface area (Å²) in [6.07, 6.45) is 5.99. The van der Waals surface area contributed by atoms with Crippen molar-refractivity contribution in [2.75, 3.05) is 12.0 Å². The van der Waals surface area contributed by atoms with Crippen LogP contribution < -0.4 is 0 Å². The molecule has 20 heavy (non-hydrogen) atoms. The summed E-state index contributed by atoms with van der Waals surface area (Å²) in [5.74, 6) is 0.988. The first kappa shape index (κ1) is 14.0. The SMILES string of the molecule is CSC[C@H]1C[C@@H](C2=CCC3=C2N=CCC3=O)[C@H](O)[C@@H]1O. The third-order valence-corrected chi connectivity index (χ3v) is 5.26. The zero-order valence-electron chi connectivity index (χ0n) is 11.5. The minimum atomic E-state index is -0.752. The lowest BCUT2D eigenvalue weighted by Crippen LogP contribution is -2.29. The van der Waals surface area contributed by atoms with Gasteiger partial charge in [0.25, 0.3) is 0 Å². The lowest BCUT2D eigenvalue weighted by molar-refractivity contribution is -0.114. The summed E-state index contributed by atoms with van der Waals surface area (Å²) in [7, 11) is 0. The van der Waals surface area contributed by atoms with Gasteiger partial charge >= 0.3 is 0 Å². The van der Waals surface area contributed by atoms with Gasteiger partial charge in [-0.25, -0.2) is 0 Å². The summed E-state index contributed by atoms with van der Waals surface area (Å²) >= 11 is 1.69. The van der Waals surface area contributed by atoms with E-state index in [4.69, 9.17) is 0 Å². The normalized spacial score (nSPS) is 36.5. The lowest BCUT2D eigenvalue weighted by Gasteiger charge is -2.19. The van der Waals surface area contributed by atoms with Crippen molar-refractivity contribution in [3.05, 3.63) is 22.9 Å². The molecule has 0 aromatic heterocycles. The number of ketones is 1. The molecule has 3 rings (SSSR count). The maximum absolute atomic E-state index is 11.9. The van der Waals surface area contributed by atoms with Crippen LogP contribution in [0.15, 0.2) is 27.9 Å². The van der Waals surface area contributed by atoms with Gasteiger partial charge in [-0.05, 0) is 36.3 Å². The Morgan fingerprint density at radius 3 is 2.90 bits per heavy atom. The zero-order valence-corrected chi connectivity index (χ0v) is 12.3. The predicted molar refractivity (Wildman–Crippen MR) is 79.8 cm³/mol. The number of thioether (sulfide) groups is 1. The van der Waals surface area contributed by atoms with Gasteiger partial charge in [-0.2, -0.15) is 11.8 Å². The van der Waals surface area contributed by atoms with E-state index in [1.807, 2.05) is 12.3 Å². The first-order valence-electron chi connectivity index (χ1n) is 6.97. The minimum Gasteiger partial charge on any atom is -0.390 e. The molecular weight excluding hydrogens is 274 g/mol. The van der Waals surface area contributed by atoms with Gasteiger partial charge in [0.15, 0.2) is 5.78 Å². The van der Waals surface area contributed by atoms with Gasteiger partial charge in [0, 0.05) is 24.1 Å². The van der Waals surface area contributed by atoms with Gasteiger partial charge in [-0.15, -0.1) is 0 Å². The van der Waals surface area contributed by atoms with Crippen LogP contribution in [-0.4, -0.2) is 46.4 Å². The fraction of sp³-hybridized carbons (Fsp3) is 0.600. The van der Waals surface area contributed by atoms with E-state index < -0.39 is 12.2 Å². The molecule has 0 spiro atoms. The standard InChI is InChI=1S/C15H19NO3S/c1-20-7-8-6-11(15(19)14(8)18)9-2-3-10-12(17)4-5-16-13(9)10/h2,5,8,11,14-15,18-19H,3-4,6-7H2,1H3/t8-,11+,14-,15+/m1/s1. The number of aliphatic hydroxyl groups is 2. The molecule has 1 aliphatic heterocycles. The first-order chi connectivity index (χ1) is 9.63. The molecule has 4 atom stereocenters. The van der Waals surface area contributed by atoms with Crippen molar-refractivity contribution in [2.24, 2.45) is 16.8 Å². The summed E-state index contributed by atoms with van der Waals surface area (Å²) in [5, 5.41) is 20.5. The zero-order chi connectivity index (χ0) is 14.3. The van der Waals surface area contributed by atoms with Crippen molar-refractivity contribution in [3.8, 4) is 0 Å². The van der Waals surface area contributed by atoms with Crippen LogP contribution >= 0.6 is 11.8 Å². The number of carbonyl (C=O) groups excluding carboxylic acids is 1. The molecule has 0 amide bonds. The van der Waals surface area contributed by atoms with Crippen LogP contribution in [0.25, 0.3) is 0 Å². The van der Waals surface area contributed by atoms with Gasteiger partial charge in [0.1, 0.15) is 0 Å². The van der Waals surface area contributed by atoms with Gasteiger partial charge in [-0.1, -0.05) is 6.08 Å². The van der Waals surface area contributed by atoms with E-state index >= 15 is 0 Å². The van der Waals surface area contributed by atoms with Crippen LogP contribution in [0.3, 0.4) is 0 Å². The number of hydrogen-bond acceptors (Lipinski definition) is 5. The van der Waals surface area contributed by atoms with Crippen molar-refractivity contribution in [3.63, 3.8) is 0 Å². The Kier molecular flexibility index (Phi) is 3.84. The van der Waals surface area contributed by atoms with Crippen molar-refractivity contribution < 1.29 is 15.0 Å². The molecule has 3 aliphatic rings. The molecule has 0 unspecified atom stereocenters. The number of hydrogen-bond donors (Lipinski definition) is 2. The van der Waals surface area contributed by atoms with Gasteiger partial charge in [0.2, 0.25) is 0 Å². The molecule has 0 saturated heterocycles. The summed E-state index contributed by atoms with van der Waals surface area (Å²) in [4.78, 5) is 16.2. The molecular formula is C15H19NO3S. The Hall–Kier alpha value is -0.910. The summed E-state index contributed by atoms with van der Waals surface area (Å²) in [6, 6.07) is 0. The Morgan fingerprint density at radius 1 is 1.35 bits per heavy atom. The van der Waals surface area contributed by atoms with E-state index in [0.717, 1.165) is 29.0 Å². The van der Waals surface area contributed by atoms with Gasteiger partial charge < -0.3 is 10.2 Å². The van der Waals surface area contributed by atoms with Crippen LogP contribution in [0, 0.1) is 11.8 Å². The molecule has 5 heteroatoms. The van der Waals surface area contributed by atoms with E-state index in [0.29, 0.717) is 12.8 Å². The molecule has 108 valence electrons. The van der Waals surface area contributed by atoms with Crippen LogP contribution in [-0.2, 0) is 4.79 Å². The second-order valence-corrected chi connectivity index (χ2v) is 6.58. The number of rotatable bonds is 3. The van der Waals surface area contributed by atoms with E-state index in [2.05, 4.69) is 4.99 Å². The highest BCUT2D eigenvalue weighted by molar-refractivity contribution is 7.98. The Morgan fingerprint density at radius 2 is 2.15 bits per heavy atom. The lowest BCUT2D eigenvalue weighted by atomic mass is 9.92. The number of nitrogens with zero attached hydrogens (tertiary/aromatic N) is 1. The average Bonchev–Trinajstić information content (AvgIpc) is 2.97. The van der Waals surface area contributed by atoms with Crippen LogP contribution in [0.4, 0.5) is 0 Å². The highest BCUT2D eigenvalue weighted by atomic mass is 32.2. The van der Waals surface area contributed by atoms with Crippen LogP contribution in [0.2, 0.25) is 0 Å². The summed E-state index contributed by atoms with van der Waals surface area (Å²) in [5.41, 5.74) is 2.49. The van der Waals surface area contributed by atoms with E-state index in [9.17, 15) is 15.0 Å². The second kappa shape index (κ2) is 5.47. The molecule has 0 aromatic rings. The number of Topliss-reactive ketones (excluding diaryl/α,β-unsaturated/α-hetero) is 1. The topological polar surface area (TPSA) is 69.9 Å². The van der Waals surface area contributed by atoms with Crippen molar-refractivity contribution >= 4 is 23.8 Å². The number of allylic oxidation sites excluding steroid dienone is 3. The third-order valence-electron chi connectivity index (χ3n) is 4.50. The Balaban J connectivity index is 1.84. The molecule has 4 nitrogen and oxygen atoms in total. The Labute approximate surface area is 122 Å². The smallest absolute Gasteiger partial charge is 0.166 e. The van der Waals surface area contributed by atoms with E-state index in [-0.39, 0.29) is 17.6 Å². The van der Waals surface area contributed by atoms with Crippen molar-refractivity contribution in [1.82, 2.24) is 0 Å². The number of carbonyl (C=O) groups is 1. The molecule has 2 aliphatic carbocycles. The fourth-order valence-electron chi connectivity index (χ4n) is 3.46. The van der Waals surface area contributed by atoms with Crippen molar-refractivity contribution in [2.45, 2.75) is 31.5 Å². The molecule has 1 saturated carbocycles. The first-order valence-corrected chi connectivity index (χ1v) is 8.37. The minimum absolute atomic E-state index is 0.0994. The number of aliphatic hydroxyl groups excluding tert-OH is 2. The maximum atomic E-state index is 11.9. The second-order valence-electron chi connectivity index (χ2n) is 5.67. The highest BCUT2D eigenvalue weighted by Gasteiger charge is 2.44. The monoisotopic (exact) mass is 293 g/mol. The van der Waals surface area contributed by atoms with Gasteiger partial charge in [-0.3, -0.25) is 9.79 Å². The largest absolute Gasteiger partial charge is 0.390 e. The number of aliphatic imine (C=N–C) groups is 1. The highest BCUT2D eigenvalue weighted by Crippen LogP contribution is 2.44. The summed E-state index contributed by atoms with van der Waals surface area (Å²) in [6.45, 7) is 0. The Bertz CT molecular complexity index is 523. The predicted octanol–water partition coefficient (Wildman–Crippen LogP) is 1.34. The summed E-state index contributed by atoms with van der Waals surface area (Å²) < 4.78 is 0. The molecule has 0 radical (unpaired) electrons. The molecule has 1 fully saturated rings. The van der Waals surface area contributed by atoms with Crippen molar-refractivity contribution in [1.29, 1.82) is 0 Å². The quantitative estimate of drug-likeness (QED) is 0.824.